The molecule has 0 saturated heterocycles. The molecule has 1 atom stereocenters. The zero-order valence-corrected chi connectivity index (χ0v) is 11.6. The van der Waals surface area contributed by atoms with Crippen LogP contribution in [-0.2, 0) is 0 Å². The molecule has 1 unspecified atom stereocenters. The van der Waals surface area contributed by atoms with Crippen LogP contribution in [0, 0.1) is 13.8 Å². The summed E-state index contributed by atoms with van der Waals surface area (Å²) in [6.45, 7) is 4.10. The molecule has 2 rings (SSSR count). The van der Waals surface area contributed by atoms with E-state index in [-0.39, 0.29) is 0 Å². The van der Waals surface area contributed by atoms with Crippen LogP contribution < -0.4 is 0 Å². The Kier molecular flexibility index (Phi) is 3.47. The number of aryl methyl sites for hydroxylation is 2. The maximum absolute atomic E-state index is 10.2. The minimum atomic E-state index is -0.527. The monoisotopic (exact) mass is 296 g/mol. The number of hydrogen-bond acceptors (Lipinski definition) is 2. The Labute approximate surface area is 108 Å². The van der Waals surface area contributed by atoms with Crippen LogP contribution in [0.5, 0.6) is 0 Å². The summed E-state index contributed by atoms with van der Waals surface area (Å²) in [5.41, 5.74) is 4.27. The molecule has 1 N–H and O–H groups in total. The van der Waals surface area contributed by atoms with Gasteiger partial charge in [-0.1, -0.05) is 29.3 Å². The van der Waals surface area contributed by atoms with E-state index in [0.29, 0.717) is 0 Å². The van der Waals surface area contributed by atoms with E-state index in [1.54, 1.807) is 11.3 Å². The van der Waals surface area contributed by atoms with Gasteiger partial charge in [0.1, 0.15) is 6.10 Å². The first-order valence-electron chi connectivity index (χ1n) is 5.06. The van der Waals surface area contributed by atoms with Crippen molar-refractivity contribution in [3.8, 4) is 0 Å². The number of benzene rings is 1. The third kappa shape index (κ3) is 2.54. The average molecular weight is 297 g/mol. The maximum atomic E-state index is 10.2. The second-order valence-electron chi connectivity index (χ2n) is 4.01. The number of aliphatic hydroxyl groups is 1. The summed E-state index contributed by atoms with van der Waals surface area (Å²) in [5, 5.41) is 12.2. The van der Waals surface area contributed by atoms with Crippen LogP contribution in [0.2, 0.25) is 0 Å². The molecule has 3 heteroatoms. The first-order chi connectivity index (χ1) is 7.56. The van der Waals surface area contributed by atoms with Crippen molar-refractivity contribution >= 4 is 27.3 Å². The third-order valence-corrected chi connectivity index (χ3v) is 3.99. The van der Waals surface area contributed by atoms with E-state index in [1.165, 1.54) is 11.1 Å². The average Bonchev–Trinajstić information content (AvgIpc) is 2.62. The lowest BCUT2D eigenvalue weighted by Crippen LogP contribution is -1.99. The second kappa shape index (κ2) is 4.70. The van der Waals surface area contributed by atoms with E-state index < -0.39 is 6.10 Å². The molecule has 0 spiro atoms. The summed E-state index contributed by atoms with van der Waals surface area (Å²) >= 11 is 5.00. The van der Waals surface area contributed by atoms with Gasteiger partial charge in [-0.3, -0.25) is 0 Å². The van der Waals surface area contributed by atoms with Crippen LogP contribution in [-0.4, -0.2) is 5.11 Å². The Morgan fingerprint density at radius 3 is 2.19 bits per heavy atom. The van der Waals surface area contributed by atoms with Gasteiger partial charge in [0.15, 0.2) is 0 Å². The Morgan fingerprint density at radius 1 is 1.06 bits per heavy atom. The molecule has 16 heavy (non-hydrogen) atoms. The molecule has 1 aromatic carbocycles. The molecule has 0 radical (unpaired) electrons. The minimum absolute atomic E-state index is 0.527. The standard InChI is InChI=1S/C13H13BrOS/c1-8-3-9(2)5-10(4-8)13(15)11-6-12(14)16-7-11/h3-7,13,15H,1-2H3. The smallest absolute Gasteiger partial charge is 0.105 e. The maximum Gasteiger partial charge on any atom is 0.105 e. The van der Waals surface area contributed by atoms with Gasteiger partial charge in [0, 0.05) is 0 Å². The van der Waals surface area contributed by atoms with E-state index >= 15 is 0 Å². The quantitative estimate of drug-likeness (QED) is 0.880. The van der Waals surface area contributed by atoms with E-state index in [1.807, 2.05) is 37.4 Å². The lowest BCUT2D eigenvalue weighted by molar-refractivity contribution is 0.220. The van der Waals surface area contributed by atoms with Crippen LogP contribution in [0.15, 0.2) is 33.4 Å². The molecule has 0 aliphatic carbocycles. The predicted octanol–water partition coefficient (Wildman–Crippen LogP) is 4.21. The van der Waals surface area contributed by atoms with E-state index in [4.69, 9.17) is 0 Å². The fraction of sp³-hybridized carbons (Fsp3) is 0.231. The highest BCUT2D eigenvalue weighted by Crippen LogP contribution is 2.29. The number of aliphatic hydroxyl groups excluding tert-OH is 1. The number of rotatable bonds is 2. The molecule has 0 saturated carbocycles. The molecular formula is C13H13BrOS. The number of thiophene rings is 1. The van der Waals surface area contributed by atoms with E-state index in [0.717, 1.165) is 14.9 Å². The zero-order chi connectivity index (χ0) is 11.7. The van der Waals surface area contributed by atoms with Crippen LogP contribution >= 0.6 is 27.3 Å². The molecule has 0 aliphatic rings. The Morgan fingerprint density at radius 2 is 1.69 bits per heavy atom. The molecule has 0 amide bonds. The van der Waals surface area contributed by atoms with Gasteiger partial charge in [0.2, 0.25) is 0 Å². The molecule has 1 heterocycles. The van der Waals surface area contributed by atoms with Gasteiger partial charge in [0.05, 0.1) is 3.79 Å². The largest absolute Gasteiger partial charge is 0.384 e. The third-order valence-electron chi connectivity index (χ3n) is 2.46. The summed E-state index contributed by atoms with van der Waals surface area (Å²) in [5.74, 6) is 0. The highest BCUT2D eigenvalue weighted by Gasteiger charge is 2.12. The van der Waals surface area contributed by atoms with Gasteiger partial charge < -0.3 is 5.11 Å². The first kappa shape index (κ1) is 11.8. The van der Waals surface area contributed by atoms with Gasteiger partial charge in [-0.05, 0) is 52.4 Å². The van der Waals surface area contributed by atoms with Crippen molar-refractivity contribution < 1.29 is 5.11 Å². The van der Waals surface area contributed by atoms with Crippen molar-refractivity contribution in [3.63, 3.8) is 0 Å². The van der Waals surface area contributed by atoms with Gasteiger partial charge >= 0.3 is 0 Å². The van der Waals surface area contributed by atoms with Crippen molar-refractivity contribution in [1.82, 2.24) is 0 Å². The molecular weight excluding hydrogens is 284 g/mol. The van der Waals surface area contributed by atoms with Crippen molar-refractivity contribution in [3.05, 3.63) is 55.7 Å². The van der Waals surface area contributed by atoms with E-state index in [9.17, 15) is 5.11 Å². The molecule has 0 fully saturated rings. The van der Waals surface area contributed by atoms with Crippen LogP contribution in [0.1, 0.15) is 28.4 Å². The first-order valence-corrected chi connectivity index (χ1v) is 6.74. The highest BCUT2D eigenvalue weighted by atomic mass is 79.9. The Bertz CT molecular complexity index is 484. The molecule has 84 valence electrons. The molecule has 1 nitrogen and oxygen atoms in total. The summed E-state index contributed by atoms with van der Waals surface area (Å²) < 4.78 is 1.05. The number of halogens is 1. The van der Waals surface area contributed by atoms with Gasteiger partial charge in [-0.25, -0.2) is 0 Å². The normalized spacial score (nSPS) is 12.8. The lowest BCUT2D eigenvalue weighted by atomic mass is 10.00. The molecule has 1 aromatic heterocycles. The minimum Gasteiger partial charge on any atom is -0.384 e. The summed E-state index contributed by atoms with van der Waals surface area (Å²) in [6.07, 6.45) is -0.527. The number of hydrogen-bond donors (Lipinski definition) is 1. The fourth-order valence-corrected chi connectivity index (χ4v) is 3.02. The van der Waals surface area contributed by atoms with Crippen molar-refractivity contribution in [2.75, 3.05) is 0 Å². The second-order valence-corrected chi connectivity index (χ2v) is 6.30. The zero-order valence-electron chi connectivity index (χ0n) is 9.20. The molecule has 0 bridgehead atoms. The van der Waals surface area contributed by atoms with Crippen LogP contribution in [0.3, 0.4) is 0 Å². The highest BCUT2D eigenvalue weighted by molar-refractivity contribution is 9.11. The van der Waals surface area contributed by atoms with Crippen LogP contribution in [0.4, 0.5) is 0 Å². The predicted molar refractivity (Wildman–Crippen MR) is 72.0 cm³/mol. The SMILES string of the molecule is Cc1cc(C)cc(C(O)c2csc(Br)c2)c1. The van der Waals surface area contributed by atoms with Crippen molar-refractivity contribution in [1.29, 1.82) is 0 Å². The topological polar surface area (TPSA) is 20.2 Å². The van der Waals surface area contributed by atoms with E-state index in [2.05, 4.69) is 22.0 Å². The van der Waals surface area contributed by atoms with Gasteiger partial charge in [-0.2, -0.15) is 0 Å². The summed E-state index contributed by atoms with van der Waals surface area (Å²) in [7, 11) is 0. The van der Waals surface area contributed by atoms with Gasteiger partial charge in [0.25, 0.3) is 0 Å². The molecule has 0 aliphatic heterocycles. The fourth-order valence-electron chi connectivity index (χ4n) is 1.83. The Hall–Kier alpha value is -0.640. The van der Waals surface area contributed by atoms with Gasteiger partial charge in [-0.15, -0.1) is 11.3 Å². The lowest BCUT2D eigenvalue weighted by Gasteiger charge is -2.11. The summed E-state index contributed by atoms with van der Waals surface area (Å²) in [6, 6.07) is 8.14. The summed E-state index contributed by atoms with van der Waals surface area (Å²) in [4.78, 5) is 0. The van der Waals surface area contributed by atoms with Crippen LogP contribution in [0.25, 0.3) is 0 Å². The molecule has 2 aromatic rings. The van der Waals surface area contributed by atoms with Crippen molar-refractivity contribution in [2.24, 2.45) is 0 Å². The van der Waals surface area contributed by atoms with Crippen molar-refractivity contribution in [2.45, 2.75) is 20.0 Å². The Balaban J connectivity index is 2.37.